The molecule has 0 radical (unpaired) electrons. The van der Waals surface area contributed by atoms with Crippen LogP contribution in [0.15, 0.2) is 48.5 Å². The summed E-state index contributed by atoms with van der Waals surface area (Å²) in [4.78, 5) is 10.7. The zero-order valence-electron chi connectivity index (χ0n) is 9.47. The highest BCUT2D eigenvalue weighted by Crippen LogP contribution is 2.22. The van der Waals surface area contributed by atoms with Crippen LogP contribution in [0, 0.1) is 0 Å². The topological polar surface area (TPSA) is 49.3 Å². The first-order valence-corrected chi connectivity index (χ1v) is 5.32. The second-order valence-corrected chi connectivity index (χ2v) is 3.71. The molecule has 0 bridgehead atoms. The predicted octanol–water partition coefficient (Wildman–Crippen LogP) is 3.09. The van der Waals surface area contributed by atoms with Crippen LogP contribution in [-0.4, -0.2) is 18.1 Å². The average Bonchev–Trinajstić information content (AvgIpc) is 2.39. The number of carboxylic acids is 1. The van der Waals surface area contributed by atoms with Crippen molar-refractivity contribution in [3.63, 3.8) is 0 Å². The third kappa shape index (κ3) is 2.45. The monoisotopic (exact) mass is 227 g/mol. The molecule has 2 aromatic rings. The van der Waals surface area contributed by atoms with Gasteiger partial charge in [0, 0.05) is 12.7 Å². The molecular weight excluding hydrogens is 214 g/mol. The Morgan fingerprint density at radius 3 is 2.35 bits per heavy atom. The van der Waals surface area contributed by atoms with Gasteiger partial charge in [0.25, 0.3) is 0 Å². The van der Waals surface area contributed by atoms with Crippen molar-refractivity contribution in [2.24, 2.45) is 0 Å². The Balaban J connectivity index is 2.36. The largest absolute Gasteiger partial charge is 0.478 e. The summed E-state index contributed by atoms with van der Waals surface area (Å²) in [7, 11) is 1.87. The number of hydrogen-bond acceptors (Lipinski definition) is 2. The molecule has 0 fully saturated rings. The molecule has 0 unspecified atom stereocenters. The van der Waals surface area contributed by atoms with Gasteiger partial charge in [-0.05, 0) is 35.4 Å². The molecule has 0 aliphatic heterocycles. The quantitative estimate of drug-likeness (QED) is 0.847. The molecule has 0 aromatic heterocycles. The predicted molar refractivity (Wildman–Crippen MR) is 68.4 cm³/mol. The molecule has 2 rings (SSSR count). The fraction of sp³-hybridized carbons (Fsp3) is 0.0714. The van der Waals surface area contributed by atoms with Crippen LogP contribution in [0.4, 0.5) is 5.69 Å². The van der Waals surface area contributed by atoms with E-state index < -0.39 is 5.97 Å². The number of carboxylic acid groups (broad SMARTS) is 1. The lowest BCUT2D eigenvalue weighted by Crippen LogP contribution is -1.95. The molecule has 0 aliphatic rings. The molecule has 2 N–H and O–H groups in total. The second kappa shape index (κ2) is 4.70. The van der Waals surface area contributed by atoms with E-state index in [0.29, 0.717) is 5.56 Å². The van der Waals surface area contributed by atoms with Gasteiger partial charge in [-0.25, -0.2) is 4.79 Å². The van der Waals surface area contributed by atoms with E-state index in [1.807, 2.05) is 43.4 Å². The molecule has 3 nitrogen and oxygen atoms in total. The van der Waals surface area contributed by atoms with Crippen LogP contribution in [-0.2, 0) is 0 Å². The smallest absolute Gasteiger partial charge is 0.335 e. The van der Waals surface area contributed by atoms with Gasteiger partial charge < -0.3 is 10.4 Å². The molecular formula is C14H13NO2. The van der Waals surface area contributed by atoms with Crippen LogP contribution < -0.4 is 5.32 Å². The molecule has 17 heavy (non-hydrogen) atoms. The van der Waals surface area contributed by atoms with Crippen LogP contribution in [0.1, 0.15) is 10.4 Å². The highest BCUT2D eigenvalue weighted by atomic mass is 16.4. The molecule has 0 aliphatic carbocycles. The summed E-state index contributed by atoms with van der Waals surface area (Å²) < 4.78 is 0. The van der Waals surface area contributed by atoms with Crippen molar-refractivity contribution in [1.29, 1.82) is 0 Å². The van der Waals surface area contributed by atoms with Crippen molar-refractivity contribution >= 4 is 11.7 Å². The Labute approximate surface area is 99.7 Å². The molecule has 0 saturated heterocycles. The van der Waals surface area contributed by atoms with Gasteiger partial charge in [-0.1, -0.05) is 24.3 Å². The lowest BCUT2D eigenvalue weighted by Gasteiger charge is -2.05. The number of rotatable bonds is 3. The lowest BCUT2D eigenvalue weighted by molar-refractivity contribution is 0.0697. The van der Waals surface area contributed by atoms with Crippen molar-refractivity contribution in [3.8, 4) is 11.1 Å². The minimum atomic E-state index is -0.902. The fourth-order valence-corrected chi connectivity index (χ4v) is 1.66. The van der Waals surface area contributed by atoms with Gasteiger partial charge in [-0.2, -0.15) is 0 Å². The number of hydrogen-bond donors (Lipinski definition) is 2. The Hall–Kier alpha value is -2.29. The SMILES string of the molecule is CNc1cccc(-c2ccc(C(=O)O)cc2)c1. The first-order chi connectivity index (χ1) is 8.20. The van der Waals surface area contributed by atoms with Crippen LogP contribution >= 0.6 is 0 Å². The Bertz CT molecular complexity index is 532. The number of benzene rings is 2. The summed E-state index contributed by atoms with van der Waals surface area (Å²) in [6.07, 6.45) is 0. The third-order valence-corrected chi connectivity index (χ3v) is 2.62. The summed E-state index contributed by atoms with van der Waals surface area (Å²) in [5.74, 6) is -0.902. The second-order valence-electron chi connectivity index (χ2n) is 3.71. The molecule has 0 atom stereocenters. The van der Waals surface area contributed by atoms with Crippen LogP contribution in [0.2, 0.25) is 0 Å². The van der Waals surface area contributed by atoms with Crippen molar-refractivity contribution in [2.45, 2.75) is 0 Å². The molecule has 0 saturated carbocycles. The summed E-state index contributed by atoms with van der Waals surface area (Å²) >= 11 is 0. The molecule has 3 heteroatoms. The number of aromatic carboxylic acids is 1. The van der Waals surface area contributed by atoms with E-state index in [1.54, 1.807) is 12.1 Å². The van der Waals surface area contributed by atoms with Gasteiger partial charge in [0.1, 0.15) is 0 Å². The highest BCUT2D eigenvalue weighted by Gasteiger charge is 2.03. The lowest BCUT2D eigenvalue weighted by atomic mass is 10.0. The van der Waals surface area contributed by atoms with Gasteiger partial charge in [0.15, 0.2) is 0 Å². The number of anilines is 1. The zero-order valence-corrected chi connectivity index (χ0v) is 9.47. The molecule has 0 spiro atoms. The van der Waals surface area contributed by atoms with Crippen LogP contribution in [0.3, 0.4) is 0 Å². The zero-order chi connectivity index (χ0) is 12.3. The Morgan fingerprint density at radius 2 is 1.76 bits per heavy atom. The van der Waals surface area contributed by atoms with Crippen molar-refractivity contribution in [1.82, 2.24) is 0 Å². The average molecular weight is 227 g/mol. The van der Waals surface area contributed by atoms with E-state index in [2.05, 4.69) is 5.32 Å². The Morgan fingerprint density at radius 1 is 1.06 bits per heavy atom. The fourth-order valence-electron chi connectivity index (χ4n) is 1.66. The Kier molecular flexibility index (Phi) is 3.10. The summed E-state index contributed by atoms with van der Waals surface area (Å²) in [6.45, 7) is 0. The van der Waals surface area contributed by atoms with Gasteiger partial charge in [-0.3, -0.25) is 0 Å². The van der Waals surface area contributed by atoms with Crippen LogP contribution in [0.5, 0.6) is 0 Å². The normalized spacial score (nSPS) is 9.94. The molecule has 2 aromatic carbocycles. The number of carbonyl (C=O) groups is 1. The van der Waals surface area contributed by atoms with Gasteiger partial charge in [0.2, 0.25) is 0 Å². The molecule has 0 heterocycles. The molecule has 86 valence electrons. The standard InChI is InChI=1S/C14H13NO2/c1-15-13-4-2-3-12(9-13)10-5-7-11(8-6-10)14(16)17/h2-9,15H,1H3,(H,16,17). The van der Waals surface area contributed by atoms with Gasteiger partial charge >= 0.3 is 5.97 Å². The summed E-state index contributed by atoms with van der Waals surface area (Å²) in [5, 5.41) is 11.9. The summed E-state index contributed by atoms with van der Waals surface area (Å²) in [5.41, 5.74) is 3.41. The van der Waals surface area contributed by atoms with E-state index in [0.717, 1.165) is 16.8 Å². The van der Waals surface area contributed by atoms with Crippen LogP contribution in [0.25, 0.3) is 11.1 Å². The van der Waals surface area contributed by atoms with Crippen molar-refractivity contribution in [2.75, 3.05) is 12.4 Å². The van der Waals surface area contributed by atoms with E-state index in [-0.39, 0.29) is 0 Å². The van der Waals surface area contributed by atoms with E-state index in [1.165, 1.54) is 0 Å². The highest BCUT2D eigenvalue weighted by molar-refractivity contribution is 5.88. The van der Waals surface area contributed by atoms with E-state index in [9.17, 15) is 4.79 Å². The minimum Gasteiger partial charge on any atom is -0.478 e. The van der Waals surface area contributed by atoms with E-state index in [4.69, 9.17) is 5.11 Å². The molecule has 0 amide bonds. The van der Waals surface area contributed by atoms with Crippen molar-refractivity contribution in [3.05, 3.63) is 54.1 Å². The van der Waals surface area contributed by atoms with Crippen molar-refractivity contribution < 1.29 is 9.90 Å². The summed E-state index contributed by atoms with van der Waals surface area (Å²) in [6, 6.07) is 14.8. The van der Waals surface area contributed by atoms with E-state index >= 15 is 0 Å². The number of nitrogens with one attached hydrogen (secondary N) is 1. The minimum absolute atomic E-state index is 0.304. The first kappa shape index (κ1) is 11.2. The van der Waals surface area contributed by atoms with Gasteiger partial charge in [-0.15, -0.1) is 0 Å². The maximum Gasteiger partial charge on any atom is 0.335 e. The maximum absolute atomic E-state index is 10.7. The first-order valence-electron chi connectivity index (χ1n) is 5.32. The third-order valence-electron chi connectivity index (χ3n) is 2.62. The van der Waals surface area contributed by atoms with Gasteiger partial charge in [0.05, 0.1) is 5.56 Å². The maximum atomic E-state index is 10.7.